The second-order valence-corrected chi connectivity index (χ2v) is 4.53. The SMILES string of the molecule is CC(Cc1c(Cl)c(O)cc2c1OCCO2)C(=O)O. The number of carboxylic acid groups (broad SMARTS) is 1. The summed E-state index contributed by atoms with van der Waals surface area (Å²) in [5, 5.41) is 18.7. The van der Waals surface area contributed by atoms with Crippen molar-refractivity contribution in [3.05, 3.63) is 16.7 Å². The summed E-state index contributed by atoms with van der Waals surface area (Å²) in [7, 11) is 0. The van der Waals surface area contributed by atoms with Gasteiger partial charge in [-0.15, -0.1) is 0 Å². The molecular weight excluding hydrogens is 260 g/mol. The van der Waals surface area contributed by atoms with E-state index in [0.29, 0.717) is 30.3 Å². The maximum Gasteiger partial charge on any atom is 0.306 e. The third-order valence-electron chi connectivity index (χ3n) is 2.77. The van der Waals surface area contributed by atoms with Crippen molar-refractivity contribution in [2.75, 3.05) is 13.2 Å². The summed E-state index contributed by atoms with van der Waals surface area (Å²) in [5.41, 5.74) is 0.473. The highest BCUT2D eigenvalue weighted by Gasteiger charge is 2.25. The molecule has 18 heavy (non-hydrogen) atoms. The normalized spacial score (nSPS) is 15.2. The van der Waals surface area contributed by atoms with E-state index in [-0.39, 0.29) is 17.2 Å². The fourth-order valence-electron chi connectivity index (χ4n) is 1.79. The van der Waals surface area contributed by atoms with Crippen LogP contribution in [0.2, 0.25) is 5.02 Å². The van der Waals surface area contributed by atoms with Crippen molar-refractivity contribution in [3.8, 4) is 17.2 Å². The average Bonchev–Trinajstić information content (AvgIpc) is 2.34. The second-order valence-electron chi connectivity index (χ2n) is 4.16. The Labute approximate surface area is 109 Å². The Hall–Kier alpha value is -1.62. The smallest absolute Gasteiger partial charge is 0.306 e. The standard InChI is InChI=1S/C12H13ClO5/c1-6(12(15)16)4-7-10(13)8(14)5-9-11(7)18-3-2-17-9/h5-6,14H,2-4H2,1H3,(H,15,16). The zero-order valence-electron chi connectivity index (χ0n) is 9.77. The van der Waals surface area contributed by atoms with Crippen molar-refractivity contribution in [1.29, 1.82) is 0 Å². The molecule has 2 N–H and O–H groups in total. The molecule has 1 aliphatic heterocycles. The number of hydrogen-bond donors (Lipinski definition) is 2. The number of fused-ring (bicyclic) bond motifs is 1. The second kappa shape index (κ2) is 4.94. The number of carbonyl (C=O) groups is 1. The number of aromatic hydroxyl groups is 1. The molecule has 0 aromatic heterocycles. The largest absolute Gasteiger partial charge is 0.506 e. The molecule has 98 valence electrons. The van der Waals surface area contributed by atoms with E-state index >= 15 is 0 Å². The first kappa shape index (κ1) is 12.8. The molecule has 1 aromatic rings. The minimum atomic E-state index is -0.931. The van der Waals surface area contributed by atoms with Crippen molar-refractivity contribution < 1.29 is 24.5 Å². The van der Waals surface area contributed by atoms with E-state index in [2.05, 4.69) is 0 Å². The highest BCUT2D eigenvalue weighted by atomic mass is 35.5. The summed E-state index contributed by atoms with van der Waals surface area (Å²) >= 11 is 6.00. The highest BCUT2D eigenvalue weighted by Crippen LogP contribution is 2.44. The number of benzene rings is 1. The van der Waals surface area contributed by atoms with Crippen LogP contribution in [0.5, 0.6) is 17.2 Å². The van der Waals surface area contributed by atoms with Crippen LogP contribution in [0.4, 0.5) is 0 Å². The first-order valence-corrected chi connectivity index (χ1v) is 5.91. The van der Waals surface area contributed by atoms with Gasteiger partial charge in [-0.05, 0) is 6.42 Å². The molecule has 0 saturated heterocycles. The van der Waals surface area contributed by atoms with Gasteiger partial charge in [0.2, 0.25) is 0 Å². The molecule has 5 nitrogen and oxygen atoms in total. The van der Waals surface area contributed by atoms with Gasteiger partial charge in [-0.1, -0.05) is 18.5 Å². The number of aliphatic carboxylic acids is 1. The molecule has 2 rings (SSSR count). The molecule has 1 unspecified atom stereocenters. The Kier molecular flexibility index (Phi) is 3.52. The van der Waals surface area contributed by atoms with Gasteiger partial charge in [0, 0.05) is 11.6 Å². The number of ether oxygens (including phenoxy) is 2. The van der Waals surface area contributed by atoms with Gasteiger partial charge >= 0.3 is 5.97 Å². The minimum Gasteiger partial charge on any atom is -0.506 e. The van der Waals surface area contributed by atoms with Crippen molar-refractivity contribution >= 4 is 17.6 Å². The summed E-state index contributed by atoms with van der Waals surface area (Å²) in [4.78, 5) is 10.9. The molecule has 0 radical (unpaired) electrons. The number of phenolic OH excluding ortho intramolecular Hbond substituents is 1. The fraction of sp³-hybridized carbons (Fsp3) is 0.417. The van der Waals surface area contributed by atoms with Gasteiger partial charge in [0.15, 0.2) is 11.5 Å². The van der Waals surface area contributed by atoms with Crippen molar-refractivity contribution in [2.45, 2.75) is 13.3 Å². The lowest BCUT2D eigenvalue weighted by atomic mass is 9.99. The number of phenols is 1. The summed E-state index contributed by atoms with van der Waals surface area (Å²) in [6, 6.07) is 1.38. The molecule has 0 aliphatic carbocycles. The van der Waals surface area contributed by atoms with Gasteiger partial charge in [-0.25, -0.2) is 0 Å². The predicted molar refractivity (Wildman–Crippen MR) is 64.6 cm³/mol. The van der Waals surface area contributed by atoms with Crippen LogP contribution in [-0.4, -0.2) is 29.4 Å². The van der Waals surface area contributed by atoms with E-state index in [4.69, 9.17) is 26.2 Å². The molecule has 1 heterocycles. The van der Waals surface area contributed by atoms with Gasteiger partial charge in [-0.2, -0.15) is 0 Å². The Morgan fingerprint density at radius 2 is 2.17 bits per heavy atom. The van der Waals surface area contributed by atoms with Gasteiger partial charge in [0.1, 0.15) is 19.0 Å². The van der Waals surface area contributed by atoms with E-state index < -0.39 is 11.9 Å². The summed E-state index contributed by atoms with van der Waals surface area (Å²) < 4.78 is 10.8. The molecule has 0 spiro atoms. The van der Waals surface area contributed by atoms with E-state index in [9.17, 15) is 9.90 Å². The van der Waals surface area contributed by atoms with Gasteiger partial charge in [0.25, 0.3) is 0 Å². The Morgan fingerprint density at radius 3 is 2.83 bits per heavy atom. The lowest BCUT2D eigenvalue weighted by Gasteiger charge is -2.23. The van der Waals surface area contributed by atoms with E-state index in [1.165, 1.54) is 6.07 Å². The van der Waals surface area contributed by atoms with Crippen LogP contribution in [0.3, 0.4) is 0 Å². The quantitative estimate of drug-likeness (QED) is 0.881. The van der Waals surface area contributed by atoms with Crippen LogP contribution >= 0.6 is 11.6 Å². The van der Waals surface area contributed by atoms with Gasteiger partial charge in [0.05, 0.1) is 10.9 Å². The number of rotatable bonds is 3. The van der Waals surface area contributed by atoms with E-state index in [0.717, 1.165) is 0 Å². The maximum atomic E-state index is 10.9. The molecule has 0 saturated carbocycles. The third-order valence-corrected chi connectivity index (χ3v) is 3.20. The monoisotopic (exact) mass is 272 g/mol. The summed E-state index contributed by atoms with van der Waals surface area (Å²) in [6.45, 7) is 2.34. The molecular formula is C12H13ClO5. The molecule has 6 heteroatoms. The van der Waals surface area contributed by atoms with Crippen LogP contribution in [-0.2, 0) is 11.2 Å². The number of halogens is 1. The van der Waals surface area contributed by atoms with Crippen LogP contribution in [0.1, 0.15) is 12.5 Å². The Morgan fingerprint density at radius 1 is 1.50 bits per heavy atom. The van der Waals surface area contributed by atoms with Gasteiger partial charge in [-0.3, -0.25) is 4.79 Å². The van der Waals surface area contributed by atoms with Crippen LogP contribution < -0.4 is 9.47 Å². The van der Waals surface area contributed by atoms with Crippen LogP contribution in [0.25, 0.3) is 0 Å². The van der Waals surface area contributed by atoms with Crippen molar-refractivity contribution in [2.24, 2.45) is 5.92 Å². The summed E-state index contributed by atoms with van der Waals surface area (Å²) in [6.07, 6.45) is 0.175. The van der Waals surface area contributed by atoms with Crippen LogP contribution in [0, 0.1) is 5.92 Å². The molecule has 1 aromatic carbocycles. The summed E-state index contributed by atoms with van der Waals surface area (Å²) in [5.74, 6) is -0.861. The average molecular weight is 273 g/mol. The number of carboxylic acids is 1. The Balaban J connectivity index is 2.43. The first-order chi connectivity index (χ1) is 8.50. The Bertz CT molecular complexity index is 486. The first-order valence-electron chi connectivity index (χ1n) is 5.53. The molecule has 0 amide bonds. The van der Waals surface area contributed by atoms with Crippen molar-refractivity contribution in [1.82, 2.24) is 0 Å². The lowest BCUT2D eigenvalue weighted by molar-refractivity contribution is -0.141. The zero-order valence-corrected chi connectivity index (χ0v) is 10.5. The molecule has 1 atom stereocenters. The maximum absolute atomic E-state index is 10.9. The number of hydrogen-bond acceptors (Lipinski definition) is 4. The topological polar surface area (TPSA) is 76.0 Å². The van der Waals surface area contributed by atoms with Crippen molar-refractivity contribution in [3.63, 3.8) is 0 Å². The van der Waals surface area contributed by atoms with E-state index in [1.807, 2.05) is 0 Å². The molecule has 0 fully saturated rings. The van der Waals surface area contributed by atoms with E-state index in [1.54, 1.807) is 6.92 Å². The third kappa shape index (κ3) is 2.31. The predicted octanol–water partition coefficient (Wildman–Crippen LogP) is 2.08. The van der Waals surface area contributed by atoms with Crippen LogP contribution in [0.15, 0.2) is 6.07 Å². The zero-order chi connectivity index (χ0) is 13.3. The molecule has 1 aliphatic rings. The minimum absolute atomic E-state index is 0.118. The highest BCUT2D eigenvalue weighted by molar-refractivity contribution is 6.33. The molecule has 0 bridgehead atoms. The lowest BCUT2D eigenvalue weighted by Crippen LogP contribution is -2.19. The fourth-order valence-corrected chi connectivity index (χ4v) is 2.01. The van der Waals surface area contributed by atoms with Gasteiger partial charge < -0.3 is 19.7 Å².